The van der Waals surface area contributed by atoms with Gasteiger partial charge in [-0.15, -0.1) is 0 Å². The van der Waals surface area contributed by atoms with Crippen LogP contribution in [0.25, 0.3) is 0 Å². The Bertz CT molecular complexity index is 491. The summed E-state index contributed by atoms with van der Waals surface area (Å²) in [5.74, 6) is -2.67. The zero-order valence-electron chi connectivity index (χ0n) is 8.93. The summed E-state index contributed by atoms with van der Waals surface area (Å²) in [6, 6.07) is 1.65. The maximum absolute atomic E-state index is 11.4. The number of nitrogens with one attached hydrogen (secondary N) is 1. The number of thiazole rings is 1. The highest BCUT2D eigenvalue weighted by atomic mass is 32.1. The van der Waals surface area contributed by atoms with Gasteiger partial charge >= 0.3 is 5.97 Å². The van der Waals surface area contributed by atoms with Crippen LogP contribution in [-0.4, -0.2) is 28.4 Å². The van der Waals surface area contributed by atoms with E-state index in [9.17, 15) is 9.90 Å². The predicted molar refractivity (Wildman–Crippen MR) is 60.8 cm³/mol. The molecule has 8 heteroatoms. The minimum absolute atomic E-state index is 0.00195. The molecule has 0 amide bonds. The number of nitrogens with zero attached hydrogens (tertiary/aromatic N) is 2. The maximum Gasteiger partial charge on any atom is 0.329 e. The van der Waals surface area contributed by atoms with E-state index in [0.717, 1.165) is 11.3 Å². The predicted octanol–water partition coefficient (Wildman–Crippen LogP) is 0.502. The standard InChI is InChI=1S/C9H10N4O3S/c1-2-16-8(15)4(3-10)5(11)6-7(14)13-9(12)17-6/h4,11,14H,2H2,1H3,(H2,12,13). The van der Waals surface area contributed by atoms with Gasteiger partial charge in [-0.3, -0.25) is 4.79 Å². The molecule has 0 bridgehead atoms. The van der Waals surface area contributed by atoms with Gasteiger partial charge in [0.2, 0.25) is 5.88 Å². The molecule has 0 radical (unpaired) electrons. The molecule has 0 spiro atoms. The van der Waals surface area contributed by atoms with Gasteiger partial charge in [-0.05, 0) is 6.92 Å². The third kappa shape index (κ3) is 2.70. The number of nitriles is 1. The Morgan fingerprint density at radius 2 is 2.47 bits per heavy atom. The molecular weight excluding hydrogens is 244 g/mol. The number of hydrogen-bond donors (Lipinski definition) is 3. The van der Waals surface area contributed by atoms with Gasteiger partial charge < -0.3 is 21.0 Å². The van der Waals surface area contributed by atoms with Crippen molar-refractivity contribution in [2.75, 3.05) is 12.3 Å². The largest absolute Gasteiger partial charge is 0.492 e. The molecule has 0 aliphatic carbocycles. The lowest BCUT2D eigenvalue weighted by molar-refractivity contribution is -0.143. The van der Waals surface area contributed by atoms with E-state index in [1.54, 1.807) is 13.0 Å². The van der Waals surface area contributed by atoms with Crippen molar-refractivity contribution in [3.05, 3.63) is 4.88 Å². The van der Waals surface area contributed by atoms with E-state index in [1.165, 1.54) is 0 Å². The molecule has 0 aromatic carbocycles. The number of esters is 1. The number of aromatic nitrogens is 1. The monoisotopic (exact) mass is 254 g/mol. The van der Waals surface area contributed by atoms with Gasteiger partial charge in [-0.25, -0.2) is 0 Å². The van der Waals surface area contributed by atoms with E-state index in [0.29, 0.717) is 0 Å². The third-order valence-corrected chi connectivity index (χ3v) is 2.72. The van der Waals surface area contributed by atoms with Crippen molar-refractivity contribution in [1.82, 2.24) is 4.98 Å². The van der Waals surface area contributed by atoms with Gasteiger partial charge in [0.05, 0.1) is 18.4 Å². The summed E-state index contributed by atoms with van der Waals surface area (Å²) in [4.78, 5) is 14.9. The first-order valence-electron chi connectivity index (χ1n) is 4.61. The number of nitrogen functional groups attached to an aromatic ring is 1. The lowest BCUT2D eigenvalue weighted by Gasteiger charge is -2.07. The number of carbonyl (C=O) groups excluding carboxylic acids is 1. The fourth-order valence-corrected chi connectivity index (χ4v) is 1.80. The van der Waals surface area contributed by atoms with Gasteiger partial charge in [-0.2, -0.15) is 10.2 Å². The Balaban J connectivity index is 2.99. The van der Waals surface area contributed by atoms with Crippen LogP contribution in [0.3, 0.4) is 0 Å². The van der Waals surface area contributed by atoms with Crippen molar-refractivity contribution in [3.63, 3.8) is 0 Å². The summed E-state index contributed by atoms with van der Waals surface area (Å²) in [5, 5.41) is 25.9. The summed E-state index contributed by atoms with van der Waals surface area (Å²) < 4.78 is 4.65. The molecule has 1 aromatic heterocycles. The van der Waals surface area contributed by atoms with E-state index in [4.69, 9.17) is 16.4 Å². The van der Waals surface area contributed by atoms with Crippen LogP contribution in [-0.2, 0) is 9.53 Å². The number of carbonyl (C=O) groups is 1. The Morgan fingerprint density at radius 3 is 2.88 bits per heavy atom. The topological polar surface area (TPSA) is 133 Å². The quantitative estimate of drug-likeness (QED) is 0.529. The SMILES string of the molecule is CCOC(=O)C(C#N)C(=N)c1sc(N)nc1O. The lowest BCUT2D eigenvalue weighted by atomic mass is 10.0. The molecule has 90 valence electrons. The first-order chi connectivity index (χ1) is 8.01. The Kier molecular flexibility index (Phi) is 4.01. The van der Waals surface area contributed by atoms with Crippen LogP contribution in [0.1, 0.15) is 11.8 Å². The van der Waals surface area contributed by atoms with E-state index in [1.807, 2.05) is 0 Å². The average Bonchev–Trinajstić information content (AvgIpc) is 2.59. The molecule has 1 rings (SSSR count). The van der Waals surface area contributed by atoms with Crippen molar-refractivity contribution in [2.45, 2.75) is 6.92 Å². The van der Waals surface area contributed by atoms with Crippen molar-refractivity contribution >= 4 is 28.1 Å². The summed E-state index contributed by atoms with van der Waals surface area (Å²) in [6.07, 6.45) is 0. The Hall–Kier alpha value is -2.14. The second-order valence-corrected chi connectivity index (χ2v) is 3.96. The Labute approximate surface area is 101 Å². The number of aromatic hydroxyl groups is 1. The van der Waals surface area contributed by atoms with Gasteiger partial charge in [-0.1, -0.05) is 11.3 Å². The van der Waals surface area contributed by atoms with Crippen LogP contribution >= 0.6 is 11.3 Å². The van der Waals surface area contributed by atoms with E-state index in [-0.39, 0.29) is 22.3 Å². The van der Waals surface area contributed by atoms with Gasteiger partial charge in [0, 0.05) is 0 Å². The Morgan fingerprint density at radius 1 is 1.82 bits per heavy atom. The first kappa shape index (κ1) is 12.9. The van der Waals surface area contributed by atoms with Crippen LogP contribution in [0.15, 0.2) is 0 Å². The molecule has 0 saturated heterocycles. The normalized spacial score (nSPS) is 11.5. The van der Waals surface area contributed by atoms with Crippen LogP contribution in [0.2, 0.25) is 0 Å². The molecule has 1 unspecified atom stereocenters. The van der Waals surface area contributed by atoms with E-state index >= 15 is 0 Å². The smallest absolute Gasteiger partial charge is 0.329 e. The van der Waals surface area contributed by atoms with Crippen molar-refractivity contribution in [1.29, 1.82) is 10.7 Å². The molecule has 0 aliphatic rings. The van der Waals surface area contributed by atoms with Gasteiger partial charge in [0.1, 0.15) is 4.88 Å². The molecule has 7 nitrogen and oxygen atoms in total. The zero-order valence-corrected chi connectivity index (χ0v) is 9.74. The van der Waals surface area contributed by atoms with Crippen molar-refractivity contribution < 1.29 is 14.6 Å². The van der Waals surface area contributed by atoms with Crippen LogP contribution in [0.5, 0.6) is 5.88 Å². The number of hydrogen-bond acceptors (Lipinski definition) is 8. The highest BCUT2D eigenvalue weighted by Gasteiger charge is 2.29. The second kappa shape index (κ2) is 5.27. The molecule has 0 fully saturated rings. The maximum atomic E-state index is 11.4. The van der Waals surface area contributed by atoms with Crippen molar-refractivity contribution in [3.8, 4) is 11.9 Å². The molecule has 1 atom stereocenters. The fourth-order valence-electron chi connectivity index (χ4n) is 1.10. The minimum atomic E-state index is -1.39. The van der Waals surface area contributed by atoms with Crippen LogP contribution in [0.4, 0.5) is 5.13 Å². The number of nitrogens with two attached hydrogens (primary N) is 1. The minimum Gasteiger partial charge on any atom is -0.492 e. The number of rotatable bonds is 4. The molecule has 0 aliphatic heterocycles. The molecule has 1 heterocycles. The first-order valence-corrected chi connectivity index (χ1v) is 5.43. The summed E-state index contributed by atoms with van der Waals surface area (Å²) >= 11 is 0.835. The van der Waals surface area contributed by atoms with Crippen LogP contribution in [0, 0.1) is 22.7 Å². The summed E-state index contributed by atoms with van der Waals surface area (Å²) in [5.41, 5.74) is 4.98. The number of ether oxygens (including phenoxy) is 1. The average molecular weight is 254 g/mol. The molecule has 1 aromatic rings. The number of anilines is 1. The highest BCUT2D eigenvalue weighted by Crippen LogP contribution is 2.28. The molecule has 17 heavy (non-hydrogen) atoms. The summed E-state index contributed by atoms with van der Waals surface area (Å²) in [6.45, 7) is 1.71. The third-order valence-electron chi connectivity index (χ3n) is 1.81. The highest BCUT2D eigenvalue weighted by molar-refractivity contribution is 7.17. The van der Waals surface area contributed by atoms with Gasteiger partial charge in [0.15, 0.2) is 11.0 Å². The van der Waals surface area contributed by atoms with E-state index < -0.39 is 17.8 Å². The molecule has 4 N–H and O–H groups in total. The van der Waals surface area contributed by atoms with Crippen LogP contribution < -0.4 is 5.73 Å². The van der Waals surface area contributed by atoms with E-state index in [2.05, 4.69) is 9.72 Å². The molecular formula is C9H10N4O3S. The molecule has 0 saturated carbocycles. The zero-order chi connectivity index (χ0) is 13.0. The fraction of sp³-hybridized carbons (Fsp3) is 0.333. The second-order valence-electron chi connectivity index (χ2n) is 2.93. The van der Waals surface area contributed by atoms with Crippen molar-refractivity contribution in [2.24, 2.45) is 5.92 Å². The summed E-state index contributed by atoms with van der Waals surface area (Å²) in [7, 11) is 0. The lowest BCUT2D eigenvalue weighted by Crippen LogP contribution is -2.24. The van der Waals surface area contributed by atoms with Gasteiger partial charge in [0.25, 0.3) is 0 Å².